The lowest BCUT2D eigenvalue weighted by atomic mass is 9.90. The van der Waals surface area contributed by atoms with Gasteiger partial charge < -0.3 is 10.1 Å². The number of hydrogen-bond donors (Lipinski definition) is 1. The molecular formula is C22H23N3O2. The maximum Gasteiger partial charge on any atom is 0.276 e. The second-order valence-electron chi connectivity index (χ2n) is 7.00. The van der Waals surface area contributed by atoms with Crippen molar-refractivity contribution in [3.63, 3.8) is 0 Å². The third-order valence-electron chi connectivity index (χ3n) is 5.09. The summed E-state index contributed by atoms with van der Waals surface area (Å²) in [5, 5.41) is 4.67. The molecule has 0 saturated heterocycles. The van der Waals surface area contributed by atoms with E-state index in [1.807, 2.05) is 42.5 Å². The number of anilines is 1. The Morgan fingerprint density at radius 3 is 2.74 bits per heavy atom. The summed E-state index contributed by atoms with van der Waals surface area (Å²) in [6.07, 6.45) is 9.59. The van der Waals surface area contributed by atoms with Gasteiger partial charge in [-0.3, -0.25) is 9.78 Å². The molecule has 4 rings (SSSR count). The first kappa shape index (κ1) is 17.5. The van der Waals surface area contributed by atoms with E-state index in [1.165, 1.54) is 32.1 Å². The topological polar surface area (TPSA) is 64.1 Å². The van der Waals surface area contributed by atoms with Gasteiger partial charge in [-0.25, -0.2) is 4.98 Å². The van der Waals surface area contributed by atoms with Gasteiger partial charge in [-0.2, -0.15) is 0 Å². The quantitative estimate of drug-likeness (QED) is 0.706. The average Bonchev–Trinajstić information content (AvgIpc) is 2.73. The van der Waals surface area contributed by atoms with E-state index >= 15 is 0 Å². The fourth-order valence-corrected chi connectivity index (χ4v) is 3.63. The lowest BCUT2D eigenvalue weighted by Gasteiger charge is -2.22. The van der Waals surface area contributed by atoms with Crippen LogP contribution in [0.3, 0.4) is 0 Å². The first-order chi connectivity index (χ1) is 13.3. The molecule has 0 unspecified atom stereocenters. The molecule has 1 fully saturated rings. The van der Waals surface area contributed by atoms with E-state index < -0.39 is 0 Å². The normalized spacial score (nSPS) is 14.8. The summed E-state index contributed by atoms with van der Waals surface area (Å²) in [4.78, 5) is 21.4. The van der Waals surface area contributed by atoms with Crippen molar-refractivity contribution in [1.29, 1.82) is 0 Å². The molecule has 0 atom stereocenters. The van der Waals surface area contributed by atoms with Crippen LogP contribution in [0.4, 0.5) is 5.82 Å². The number of ether oxygens (including phenoxy) is 1. The van der Waals surface area contributed by atoms with Gasteiger partial charge >= 0.3 is 0 Å². The van der Waals surface area contributed by atoms with E-state index in [9.17, 15) is 4.79 Å². The number of fused-ring (bicyclic) bond motifs is 1. The maximum absolute atomic E-state index is 12.8. The minimum absolute atomic E-state index is 0.284. The minimum Gasteiger partial charge on any atom is -0.489 e. The summed E-state index contributed by atoms with van der Waals surface area (Å²) in [5.74, 6) is 1.35. The fraction of sp³-hybridized carbons (Fsp3) is 0.318. The molecule has 2 aromatic heterocycles. The molecule has 138 valence electrons. The highest BCUT2D eigenvalue weighted by atomic mass is 16.5. The number of nitrogens with one attached hydrogen (secondary N) is 1. The number of pyridine rings is 2. The number of aromatic nitrogens is 2. The van der Waals surface area contributed by atoms with E-state index in [2.05, 4.69) is 15.3 Å². The second kappa shape index (κ2) is 8.16. The van der Waals surface area contributed by atoms with E-state index in [4.69, 9.17) is 4.74 Å². The predicted octanol–water partition coefficient (Wildman–Crippen LogP) is 4.84. The largest absolute Gasteiger partial charge is 0.489 e. The Morgan fingerprint density at radius 2 is 1.85 bits per heavy atom. The Hall–Kier alpha value is -2.95. The Morgan fingerprint density at radius 1 is 1.00 bits per heavy atom. The number of carbonyl (C=O) groups is 1. The molecule has 1 N–H and O–H groups in total. The molecule has 5 nitrogen and oxygen atoms in total. The lowest BCUT2D eigenvalue weighted by Crippen LogP contribution is -2.18. The molecular weight excluding hydrogens is 338 g/mol. The summed E-state index contributed by atoms with van der Waals surface area (Å²) < 4.78 is 6.00. The minimum atomic E-state index is -0.284. The van der Waals surface area contributed by atoms with Gasteiger partial charge in [0, 0.05) is 17.8 Å². The zero-order valence-corrected chi connectivity index (χ0v) is 15.2. The Balaban J connectivity index is 1.51. The van der Waals surface area contributed by atoms with Gasteiger partial charge in [0.1, 0.15) is 5.69 Å². The van der Waals surface area contributed by atoms with Crippen LogP contribution in [0.15, 0.2) is 54.9 Å². The molecule has 5 heteroatoms. The molecule has 0 aliphatic heterocycles. The van der Waals surface area contributed by atoms with Gasteiger partial charge in [-0.15, -0.1) is 0 Å². The summed E-state index contributed by atoms with van der Waals surface area (Å²) >= 11 is 0. The van der Waals surface area contributed by atoms with Crippen LogP contribution in [0.1, 0.15) is 42.6 Å². The van der Waals surface area contributed by atoms with Crippen molar-refractivity contribution in [3.8, 4) is 5.75 Å². The van der Waals surface area contributed by atoms with Crippen molar-refractivity contribution in [3.05, 3.63) is 60.6 Å². The molecule has 2 heterocycles. The van der Waals surface area contributed by atoms with Crippen LogP contribution in [-0.4, -0.2) is 22.5 Å². The van der Waals surface area contributed by atoms with Crippen molar-refractivity contribution in [2.24, 2.45) is 5.92 Å². The van der Waals surface area contributed by atoms with Gasteiger partial charge in [0.15, 0.2) is 11.6 Å². The molecule has 3 aromatic rings. The Bertz CT molecular complexity index is 930. The average molecular weight is 361 g/mol. The van der Waals surface area contributed by atoms with Gasteiger partial charge in [0.25, 0.3) is 5.91 Å². The third kappa shape index (κ3) is 4.08. The summed E-state index contributed by atoms with van der Waals surface area (Å²) in [7, 11) is 0. The smallest absolute Gasteiger partial charge is 0.276 e. The SMILES string of the molecule is O=C(Nc1ncccc1OCC1CCCCC1)c1nccc2ccccc12. The molecule has 0 bridgehead atoms. The number of nitrogens with zero attached hydrogens (tertiary/aromatic N) is 2. The molecule has 1 saturated carbocycles. The highest BCUT2D eigenvalue weighted by molar-refractivity contribution is 6.11. The van der Waals surface area contributed by atoms with Crippen LogP contribution in [0, 0.1) is 5.92 Å². The van der Waals surface area contributed by atoms with Crippen molar-refractivity contribution < 1.29 is 9.53 Å². The molecule has 1 amide bonds. The number of hydrogen-bond acceptors (Lipinski definition) is 4. The van der Waals surface area contributed by atoms with Crippen LogP contribution in [0.2, 0.25) is 0 Å². The van der Waals surface area contributed by atoms with Crippen molar-refractivity contribution in [2.75, 3.05) is 11.9 Å². The third-order valence-corrected chi connectivity index (χ3v) is 5.09. The van der Waals surface area contributed by atoms with Crippen LogP contribution in [0.5, 0.6) is 5.75 Å². The second-order valence-corrected chi connectivity index (χ2v) is 7.00. The van der Waals surface area contributed by atoms with Gasteiger partial charge in [-0.05, 0) is 42.3 Å². The molecule has 1 aliphatic rings. The van der Waals surface area contributed by atoms with Crippen LogP contribution >= 0.6 is 0 Å². The van der Waals surface area contributed by atoms with Crippen molar-refractivity contribution in [1.82, 2.24) is 9.97 Å². The zero-order chi connectivity index (χ0) is 18.5. The van der Waals surface area contributed by atoms with Gasteiger partial charge in [-0.1, -0.05) is 43.5 Å². The zero-order valence-electron chi connectivity index (χ0n) is 15.2. The van der Waals surface area contributed by atoms with Crippen LogP contribution < -0.4 is 10.1 Å². The molecule has 1 aromatic carbocycles. The highest BCUT2D eigenvalue weighted by Crippen LogP contribution is 2.27. The molecule has 0 spiro atoms. The van der Waals surface area contributed by atoms with E-state index in [-0.39, 0.29) is 5.91 Å². The van der Waals surface area contributed by atoms with Crippen molar-refractivity contribution >= 4 is 22.5 Å². The van der Waals surface area contributed by atoms with Crippen LogP contribution in [0.25, 0.3) is 10.8 Å². The van der Waals surface area contributed by atoms with Gasteiger partial charge in [0.05, 0.1) is 6.61 Å². The highest BCUT2D eigenvalue weighted by Gasteiger charge is 2.17. The standard InChI is InChI=1S/C22H23N3O2/c26-22(20-18-10-5-4-9-17(18)12-14-23-20)25-21-19(11-6-13-24-21)27-15-16-7-2-1-3-8-16/h4-6,9-14,16H,1-3,7-8,15H2,(H,24,25,26). The lowest BCUT2D eigenvalue weighted by molar-refractivity contribution is 0.102. The molecule has 1 aliphatic carbocycles. The van der Waals surface area contributed by atoms with E-state index in [1.54, 1.807) is 12.4 Å². The van der Waals surface area contributed by atoms with E-state index in [0.29, 0.717) is 29.8 Å². The number of benzene rings is 1. The molecule has 27 heavy (non-hydrogen) atoms. The monoisotopic (exact) mass is 361 g/mol. The summed E-state index contributed by atoms with van der Waals surface area (Å²) in [6, 6.07) is 13.3. The number of carbonyl (C=O) groups excluding carboxylic acids is 1. The summed E-state index contributed by atoms with van der Waals surface area (Å²) in [6.45, 7) is 0.668. The van der Waals surface area contributed by atoms with Crippen molar-refractivity contribution in [2.45, 2.75) is 32.1 Å². The first-order valence-electron chi connectivity index (χ1n) is 9.54. The first-order valence-corrected chi connectivity index (χ1v) is 9.54. The summed E-state index contributed by atoms with van der Waals surface area (Å²) in [5.41, 5.74) is 0.386. The Labute approximate surface area is 158 Å². The fourth-order valence-electron chi connectivity index (χ4n) is 3.63. The Kier molecular flexibility index (Phi) is 5.28. The van der Waals surface area contributed by atoms with E-state index in [0.717, 1.165) is 10.8 Å². The predicted molar refractivity (Wildman–Crippen MR) is 106 cm³/mol. The number of rotatable bonds is 5. The number of amides is 1. The van der Waals surface area contributed by atoms with Crippen LogP contribution in [-0.2, 0) is 0 Å². The maximum atomic E-state index is 12.8. The molecule has 0 radical (unpaired) electrons. The van der Waals surface area contributed by atoms with Gasteiger partial charge in [0.2, 0.25) is 0 Å².